The summed E-state index contributed by atoms with van der Waals surface area (Å²) in [6, 6.07) is 0. The van der Waals surface area contributed by atoms with E-state index in [4.69, 9.17) is 0 Å². The number of nitrogens with one attached hydrogen (secondary N) is 1. The van der Waals surface area contributed by atoms with Gasteiger partial charge in [0, 0.05) is 13.8 Å². The van der Waals surface area contributed by atoms with E-state index >= 15 is 0 Å². The van der Waals surface area contributed by atoms with E-state index < -0.39 is 0 Å². The number of hydrazone groups is 1. The summed E-state index contributed by atoms with van der Waals surface area (Å²) < 4.78 is 0. The molecule has 0 rings (SSSR count). The molecule has 0 amide bonds. The second kappa shape index (κ2) is 5.62. The average molecular weight is 145 g/mol. The largest absolute Gasteiger partial charge is 0.265 e. The molecule has 0 aromatic rings. The number of amidine groups is 1. The molecule has 0 saturated heterocycles. The van der Waals surface area contributed by atoms with Crippen LogP contribution in [0.4, 0.5) is 0 Å². The zero-order valence-electron chi connectivity index (χ0n) is 5.72. The van der Waals surface area contributed by atoms with Gasteiger partial charge in [0.25, 0.3) is 0 Å². The maximum absolute atomic E-state index is 3.90. The summed E-state index contributed by atoms with van der Waals surface area (Å²) >= 11 is 1.61. The molecule has 0 aromatic heterocycles. The molecule has 0 atom stereocenters. The lowest BCUT2D eigenvalue weighted by Gasteiger charge is -1.98. The van der Waals surface area contributed by atoms with Gasteiger partial charge in [-0.05, 0) is 5.75 Å². The first-order chi connectivity index (χ1) is 4.35. The fraction of sp³-hybridized carbons (Fsp3) is 0.600. The van der Waals surface area contributed by atoms with Gasteiger partial charge >= 0.3 is 0 Å². The smallest absolute Gasteiger partial charge is 0.176 e. The molecule has 1 N–H and O–H groups in total. The molecule has 0 aliphatic rings. The molecule has 0 unspecified atom stereocenters. The van der Waals surface area contributed by atoms with Crippen molar-refractivity contribution in [3.8, 4) is 0 Å². The van der Waals surface area contributed by atoms with Crippen molar-refractivity contribution in [2.75, 3.05) is 12.8 Å². The zero-order valence-corrected chi connectivity index (χ0v) is 6.53. The maximum atomic E-state index is 3.90. The van der Waals surface area contributed by atoms with Crippen LogP contribution in [0.15, 0.2) is 10.1 Å². The van der Waals surface area contributed by atoms with Crippen LogP contribution in [0.1, 0.15) is 6.92 Å². The van der Waals surface area contributed by atoms with Gasteiger partial charge in [-0.25, -0.2) is 0 Å². The number of thioether (sulfide) groups is 1. The van der Waals surface area contributed by atoms with Crippen molar-refractivity contribution in [1.29, 1.82) is 0 Å². The minimum absolute atomic E-state index is 0.813. The van der Waals surface area contributed by atoms with Crippen molar-refractivity contribution in [3.05, 3.63) is 0 Å². The molecular formula is C5H11N3S. The SMILES string of the molecule is C=NNC(=NC)SCC. The van der Waals surface area contributed by atoms with E-state index in [1.807, 2.05) is 0 Å². The second-order valence-electron chi connectivity index (χ2n) is 1.23. The lowest BCUT2D eigenvalue weighted by molar-refractivity contribution is 1.05. The molecule has 9 heavy (non-hydrogen) atoms. The molecule has 0 fully saturated rings. The van der Waals surface area contributed by atoms with Gasteiger partial charge in [-0.15, -0.1) is 0 Å². The Kier molecular flexibility index (Phi) is 5.30. The van der Waals surface area contributed by atoms with Crippen LogP contribution in [0.5, 0.6) is 0 Å². The summed E-state index contributed by atoms with van der Waals surface area (Å²) in [5.41, 5.74) is 2.66. The predicted octanol–water partition coefficient (Wildman–Crippen LogP) is 0.930. The first kappa shape index (κ1) is 8.49. The third kappa shape index (κ3) is 4.02. The quantitative estimate of drug-likeness (QED) is 0.356. The van der Waals surface area contributed by atoms with Gasteiger partial charge in [0.05, 0.1) is 0 Å². The van der Waals surface area contributed by atoms with Crippen LogP contribution in [0.2, 0.25) is 0 Å². The van der Waals surface area contributed by atoms with Gasteiger partial charge < -0.3 is 0 Å². The van der Waals surface area contributed by atoms with E-state index in [9.17, 15) is 0 Å². The molecular weight excluding hydrogens is 134 g/mol. The number of nitrogens with zero attached hydrogens (tertiary/aromatic N) is 2. The van der Waals surface area contributed by atoms with E-state index in [1.165, 1.54) is 0 Å². The third-order valence-electron chi connectivity index (χ3n) is 0.659. The number of aliphatic imine (C=N–C) groups is 1. The Balaban J connectivity index is 3.55. The van der Waals surface area contributed by atoms with Crippen LogP contribution >= 0.6 is 11.8 Å². The second-order valence-corrected chi connectivity index (χ2v) is 2.48. The zero-order chi connectivity index (χ0) is 7.11. The summed E-state index contributed by atoms with van der Waals surface area (Å²) in [5.74, 6) is 0.995. The standard InChI is InChI=1S/C5H11N3S/c1-4-9-5(6-2)8-7-3/h3-4H2,1-2H3,(H,6,8). The van der Waals surface area contributed by atoms with Gasteiger partial charge in [-0.1, -0.05) is 18.7 Å². The average Bonchev–Trinajstić information content (AvgIpc) is 1.88. The highest BCUT2D eigenvalue weighted by molar-refractivity contribution is 8.13. The topological polar surface area (TPSA) is 36.8 Å². The minimum atomic E-state index is 0.813. The lowest BCUT2D eigenvalue weighted by Crippen LogP contribution is -2.12. The molecule has 0 spiro atoms. The monoisotopic (exact) mass is 145 g/mol. The molecule has 4 heteroatoms. The summed E-state index contributed by atoms with van der Waals surface area (Å²) in [6.45, 7) is 5.33. The third-order valence-corrected chi connectivity index (χ3v) is 1.49. The van der Waals surface area contributed by atoms with Crippen molar-refractivity contribution < 1.29 is 0 Å². The number of rotatable bonds is 2. The highest BCUT2D eigenvalue weighted by atomic mass is 32.2. The maximum Gasteiger partial charge on any atom is 0.176 e. The lowest BCUT2D eigenvalue weighted by atomic mass is 11.0. The minimum Gasteiger partial charge on any atom is -0.265 e. The van der Waals surface area contributed by atoms with Gasteiger partial charge in [0.1, 0.15) is 0 Å². The van der Waals surface area contributed by atoms with Gasteiger partial charge in [0.15, 0.2) is 5.17 Å². The van der Waals surface area contributed by atoms with E-state index in [0.717, 1.165) is 10.9 Å². The molecule has 0 aliphatic heterocycles. The van der Waals surface area contributed by atoms with Gasteiger partial charge in [-0.2, -0.15) is 5.10 Å². The Morgan fingerprint density at radius 2 is 2.44 bits per heavy atom. The van der Waals surface area contributed by atoms with E-state index in [-0.39, 0.29) is 0 Å². The Bertz CT molecular complexity index is 111. The van der Waals surface area contributed by atoms with Crippen LogP contribution in [0, 0.1) is 0 Å². The number of hydrogen-bond acceptors (Lipinski definition) is 3. The van der Waals surface area contributed by atoms with Crippen molar-refractivity contribution >= 4 is 23.6 Å². The fourth-order valence-corrected chi connectivity index (χ4v) is 0.883. The molecule has 0 saturated carbocycles. The Morgan fingerprint density at radius 1 is 1.78 bits per heavy atom. The molecule has 52 valence electrons. The van der Waals surface area contributed by atoms with Gasteiger partial charge in [0.2, 0.25) is 0 Å². The van der Waals surface area contributed by atoms with Crippen molar-refractivity contribution in [2.24, 2.45) is 10.1 Å². The first-order valence-corrected chi connectivity index (χ1v) is 3.65. The predicted molar refractivity (Wildman–Crippen MR) is 44.2 cm³/mol. The first-order valence-electron chi connectivity index (χ1n) is 2.66. The van der Waals surface area contributed by atoms with Crippen LogP contribution in [-0.2, 0) is 0 Å². The van der Waals surface area contributed by atoms with E-state index in [1.54, 1.807) is 18.8 Å². The normalized spacial score (nSPS) is 11.1. The molecule has 0 aromatic carbocycles. The van der Waals surface area contributed by atoms with Crippen LogP contribution < -0.4 is 5.43 Å². The van der Waals surface area contributed by atoms with Crippen molar-refractivity contribution in [3.63, 3.8) is 0 Å². The van der Waals surface area contributed by atoms with E-state index in [2.05, 4.69) is 29.2 Å². The molecule has 3 nitrogen and oxygen atoms in total. The summed E-state index contributed by atoms with van der Waals surface area (Å²) in [4.78, 5) is 3.90. The Hall–Kier alpha value is -0.510. The fourth-order valence-electron chi connectivity index (χ4n) is 0.351. The van der Waals surface area contributed by atoms with Crippen LogP contribution in [0.25, 0.3) is 0 Å². The molecule has 0 radical (unpaired) electrons. The van der Waals surface area contributed by atoms with Crippen LogP contribution in [-0.4, -0.2) is 24.7 Å². The Morgan fingerprint density at radius 3 is 2.78 bits per heavy atom. The highest BCUT2D eigenvalue weighted by Gasteiger charge is 1.90. The van der Waals surface area contributed by atoms with E-state index in [0.29, 0.717) is 0 Å². The van der Waals surface area contributed by atoms with Crippen LogP contribution in [0.3, 0.4) is 0 Å². The van der Waals surface area contributed by atoms with Crippen molar-refractivity contribution in [1.82, 2.24) is 5.43 Å². The van der Waals surface area contributed by atoms with Crippen molar-refractivity contribution in [2.45, 2.75) is 6.92 Å². The molecule has 0 heterocycles. The molecule has 0 aliphatic carbocycles. The summed E-state index contributed by atoms with van der Waals surface area (Å²) in [7, 11) is 1.72. The number of hydrogen-bond donors (Lipinski definition) is 1. The van der Waals surface area contributed by atoms with Gasteiger partial charge in [-0.3, -0.25) is 10.4 Å². The summed E-state index contributed by atoms with van der Waals surface area (Å²) in [5, 5.41) is 4.29. The molecule has 0 bridgehead atoms. The Labute approximate surface area is 59.6 Å². The highest BCUT2D eigenvalue weighted by Crippen LogP contribution is 1.98. The summed E-state index contributed by atoms with van der Waals surface area (Å²) in [6.07, 6.45) is 0.